The molecule has 0 heterocycles. The van der Waals surface area contributed by atoms with E-state index in [1.807, 2.05) is 0 Å². The fourth-order valence-corrected chi connectivity index (χ4v) is 8.45. The van der Waals surface area contributed by atoms with Gasteiger partial charge in [0.15, 0.2) is 0 Å². The third kappa shape index (κ3) is 3.96. The maximum absolute atomic E-state index is 2.42. The first-order valence-corrected chi connectivity index (χ1v) is 16.5. The summed E-state index contributed by atoms with van der Waals surface area (Å²) in [6, 6.07) is 64.7. The number of fused-ring (bicyclic) bond motifs is 6. The minimum atomic E-state index is -0.220. The third-order valence-electron chi connectivity index (χ3n) is 10.8. The Hall–Kier alpha value is -5.66. The Morgan fingerprint density at radius 3 is 1.13 bits per heavy atom. The van der Waals surface area contributed by atoms with Crippen LogP contribution in [0.3, 0.4) is 0 Å². The molecule has 1 heteroatoms. The van der Waals surface area contributed by atoms with Crippen molar-refractivity contribution in [2.24, 2.45) is 0 Å². The van der Waals surface area contributed by atoms with Crippen molar-refractivity contribution in [2.45, 2.75) is 24.7 Å². The minimum absolute atomic E-state index is 0.220. The van der Waals surface area contributed by atoms with Gasteiger partial charge in [-0.25, -0.2) is 0 Å². The van der Waals surface area contributed by atoms with Gasteiger partial charge in [0.1, 0.15) is 0 Å². The zero-order valence-electron chi connectivity index (χ0n) is 26.7. The maximum atomic E-state index is 2.42. The Bertz CT molecular complexity index is 2130. The molecule has 7 aromatic rings. The van der Waals surface area contributed by atoms with Crippen LogP contribution in [0.5, 0.6) is 0 Å². The molecule has 9 rings (SSSR count). The monoisotopic (exact) mass is 601 g/mol. The molecule has 0 aliphatic heterocycles. The van der Waals surface area contributed by atoms with Crippen LogP contribution in [0, 0.1) is 0 Å². The second kappa shape index (κ2) is 10.4. The minimum Gasteiger partial charge on any atom is -0.310 e. The highest BCUT2D eigenvalue weighted by molar-refractivity contribution is 5.91. The van der Waals surface area contributed by atoms with Crippen molar-refractivity contribution in [1.82, 2.24) is 0 Å². The van der Waals surface area contributed by atoms with Crippen molar-refractivity contribution in [1.29, 1.82) is 0 Å². The number of para-hydroxylation sites is 1. The van der Waals surface area contributed by atoms with Gasteiger partial charge < -0.3 is 4.90 Å². The maximum Gasteiger partial charge on any atom is 0.0468 e. The largest absolute Gasteiger partial charge is 0.310 e. The second-order valence-electron chi connectivity index (χ2n) is 13.2. The molecule has 7 aromatic carbocycles. The van der Waals surface area contributed by atoms with Gasteiger partial charge >= 0.3 is 0 Å². The summed E-state index contributed by atoms with van der Waals surface area (Å²) in [5.74, 6) is 0. The summed E-state index contributed by atoms with van der Waals surface area (Å²) in [4.78, 5) is 2.42. The Morgan fingerprint density at radius 2 is 0.681 bits per heavy atom. The van der Waals surface area contributed by atoms with Gasteiger partial charge in [-0.2, -0.15) is 0 Å². The Morgan fingerprint density at radius 1 is 0.319 bits per heavy atom. The highest BCUT2D eigenvalue weighted by atomic mass is 15.1. The van der Waals surface area contributed by atoms with Gasteiger partial charge in [0.05, 0.1) is 0 Å². The van der Waals surface area contributed by atoms with E-state index in [2.05, 4.69) is 195 Å². The van der Waals surface area contributed by atoms with E-state index < -0.39 is 0 Å². The van der Waals surface area contributed by atoms with Crippen molar-refractivity contribution in [3.63, 3.8) is 0 Å². The summed E-state index contributed by atoms with van der Waals surface area (Å²) in [6.45, 7) is 4.76. The first kappa shape index (κ1) is 27.6. The topological polar surface area (TPSA) is 3.24 Å². The summed E-state index contributed by atoms with van der Waals surface area (Å²) in [5.41, 5.74) is 16.3. The fraction of sp³-hybridized carbons (Fsp3) is 0.0870. The predicted octanol–water partition coefficient (Wildman–Crippen LogP) is 11.8. The van der Waals surface area contributed by atoms with Crippen LogP contribution >= 0.6 is 0 Å². The van der Waals surface area contributed by atoms with Crippen LogP contribution in [0.25, 0.3) is 22.3 Å². The lowest BCUT2D eigenvalue weighted by atomic mass is 9.74. The van der Waals surface area contributed by atoms with Crippen molar-refractivity contribution in [2.75, 3.05) is 4.90 Å². The molecule has 0 saturated carbocycles. The van der Waals surface area contributed by atoms with E-state index in [-0.39, 0.29) is 10.8 Å². The zero-order valence-corrected chi connectivity index (χ0v) is 26.7. The van der Waals surface area contributed by atoms with Gasteiger partial charge in [0, 0.05) is 27.9 Å². The summed E-state index contributed by atoms with van der Waals surface area (Å²) >= 11 is 0. The van der Waals surface area contributed by atoms with Crippen LogP contribution in [0.15, 0.2) is 176 Å². The molecule has 0 spiro atoms. The highest BCUT2D eigenvalue weighted by Gasteiger charge is 2.42. The molecule has 2 unspecified atom stereocenters. The van der Waals surface area contributed by atoms with Crippen LogP contribution in [0.1, 0.15) is 47.2 Å². The van der Waals surface area contributed by atoms with Gasteiger partial charge in [-0.1, -0.05) is 140 Å². The number of benzene rings is 7. The van der Waals surface area contributed by atoms with Gasteiger partial charge in [-0.15, -0.1) is 0 Å². The molecule has 0 N–H and O–H groups in total. The molecule has 0 bridgehead atoms. The fourth-order valence-electron chi connectivity index (χ4n) is 8.45. The number of rotatable bonds is 5. The van der Waals surface area contributed by atoms with Gasteiger partial charge in [0.25, 0.3) is 0 Å². The molecule has 2 aliphatic carbocycles. The molecule has 47 heavy (non-hydrogen) atoms. The van der Waals surface area contributed by atoms with Crippen molar-refractivity contribution in [3.8, 4) is 22.3 Å². The van der Waals surface area contributed by atoms with Gasteiger partial charge in [-0.05, 0) is 106 Å². The smallest absolute Gasteiger partial charge is 0.0468 e. The number of anilines is 3. The molecule has 0 fully saturated rings. The molecule has 0 saturated heterocycles. The highest BCUT2D eigenvalue weighted by Crippen LogP contribution is 2.56. The molecule has 224 valence electrons. The Labute approximate surface area is 277 Å². The Balaban J connectivity index is 1.24. The van der Waals surface area contributed by atoms with E-state index in [1.165, 1.54) is 55.6 Å². The van der Waals surface area contributed by atoms with E-state index in [4.69, 9.17) is 0 Å². The zero-order chi connectivity index (χ0) is 31.6. The standard InChI is InChI=1S/C46H35N/c1-45(32-16-6-3-7-17-32)41-24-14-12-22-37(41)39-30-35(26-28-43(39)45)47(34-20-10-5-11-21-34)36-27-29-44-40(31-36)38-23-13-15-25-42(38)46(44,2)33-18-8-4-9-19-33/h3-31H,1-2H3. The van der Waals surface area contributed by atoms with Crippen LogP contribution in [0.4, 0.5) is 17.1 Å². The number of hydrogen-bond acceptors (Lipinski definition) is 1. The summed E-state index contributed by atoms with van der Waals surface area (Å²) < 4.78 is 0. The molecule has 2 aliphatic rings. The van der Waals surface area contributed by atoms with Crippen LogP contribution in [0.2, 0.25) is 0 Å². The normalized spacial score (nSPS) is 18.6. The van der Waals surface area contributed by atoms with Crippen LogP contribution in [-0.4, -0.2) is 0 Å². The third-order valence-corrected chi connectivity index (χ3v) is 10.8. The lowest BCUT2D eigenvalue weighted by Crippen LogP contribution is -2.22. The first-order chi connectivity index (χ1) is 23.1. The predicted molar refractivity (Wildman–Crippen MR) is 196 cm³/mol. The van der Waals surface area contributed by atoms with Crippen molar-refractivity contribution < 1.29 is 0 Å². The van der Waals surface area contributed by atoms with Gasteiger partial charge in [0.2, 0.25) is 0 Å². The van der Waals surface area contributed by atoms with E-state index in [1.54, 1.807) is 0 Å². The molecule has 2 atom stereocenters. The van der Waals surface area contributed by atoms with E-state index >= 15 is 0 Å². The van der Waals surface area contributed by atoms with E-state index in [0.29, 0.717) is 0 Å². The summed E-state index contributed by atoms with van der Waals surface area (Å²) in [6.07, 6.45) is 0. The average molecular weight is 602 g/mol. The Kier molecular flexibility index (Phi) is 6.14. The molecule has 0 amide bonds. The lowest BCUT2D eigenvalue weighted by Gasteiger charge is -2.30. The quantitative estimate of drug-likeness (QED) is 0.190. The second-order valence-corrected chi connectivity index (χ2v) is 13.2. The summed E-state index contributed by atoms with van der Waals surface area (Å²) in [7, 11) is 0. The molecular weight excluding hydrogens is 567 g/mol. The van der Waals surface area contributed by atoms with Gasteiger partial charge in [-0.3, -0.25) is 0 Å². The molecule has 0 aromatic heterocycles. The molecule has 1 nitrogen and oxygen atoms in total. The van der Waals surface area contributed by atoms with Crippen molar-refractivity contribution >= 4 is 17.1 Å². The van der Waals surface area contributed by atoms with E-state index in [0.717, 1.165) is 17.1 Å². The van der Waals surface area contributed by atoms with Crippen LogP contribution < -0.4 is 4.90 Å². The number of hydrogen-bond donors (Lipinski definition) is 0. The van der Waals surface area contributed by atoms with E-state index in [9.17, 15) is 0 Å². The molecular formula is C46H35N. The SMILES string of the molecule is CC1(c2ccccc2)c2ccccc2-c2cc(N(c3ccccc3)c3ccc4c(c3)-c3ccccc3C4(C)c3ccccc3)ccc21. The van der Waals surface area contributed by atoms with Crippen molar-refractivity contribution in [3.05, 3.63) is 209 Å². The lowest BCUT2D eigenvalue weighted by molar-refractivity contribution is 0.714. The number of nitrogens with zero attached hydrogens (tertiary/aromatic N) is 1. The average Bonchev–Trinajstić information content (AvgIpc) is 3.56. The molecule has 0 radical (unpaired) electrons. The van der Waals surface area contributed by atoms with Crippen LogP contribution in [-0.2, 0) is 10.8 Å². The first-order valence-electron chi connectivity index (χ1n) is 16.5. The summed E-state index contributed by atoms with van der Waals surface area (Å²) in [5, 5.41) is 0.